The molecule has 1 saturated heterocycles. The molecule has 0 saturated carbocycles. The van der Waals surface area contributed by atoms with Gasteiger partial charge in [-0.1, -0.05) is 19.9 Å². The van der Waals surface area contributed by atoms with E-state index in [2.05, 4.69) is 0 Å². The van der Waals surface area contributed by atoms with Crippen LogP contribution in [0.3, 0.4) is 0 Å². The van der Waals surface area contributed by atoms with Crippen LogP contribution in [-0.4, -0.2) is 46.5 Å². The van der Waals surface area contributed by atoms with Gasteiger partial charge in [0, 0.05) is 18.5 Å². The first-order valence-corrected chi connectivity index (χ1v) is 8.33. The van der Waals surface area contributed by atoms with E-state index in [-0.39, 0.29) is 24.2 Å². The predicted molar refractivity (Wildman–Crippen MR) is 90.7 cm³/mol. The Kier molecular flexibility index (Phi) is 6.58. The van der Waals surface area contributed by atoms with E-state index in [9.17, 15) is 14.4 Å². The number of ketones is 1. The van der Waals surface area contributed by atoms with Crippen LogP contribution in [0.5, 0.6) is 0 Å². The highest BCUT2D eigenvalue weighted by atomic mass is 16.6. The molecule has 136 valence electrons. The van der Waals surface area contributed by atoms with Gasteiger partial charge in [-0.15, -0.1) is 0 Å². The van der Waals surface area contributed by atoms with Crippen molar-refractivity contribution in [2.75, 3.05) is 13.1 Å². The number of likely N-dealkylation sites (tertiary alicyclic amines) is 1. The van der Waals surface area contributed by atoms with Crippen molar-refractivity contribution >= 4 is 17.8 Å². The van der Waals surface area contributed by atoms with Crippen molar-refractivity contribution in [3.8, 4) is 0 Å². The Balaban J connectivity index is 2.50. The fourth-order valence-electron chi connectivity index (χ4n) is 2.52. The van der Waals surface area contributed by atoms with Gasteiger partial charge in [0.05, 0.1) is 6.42 Å². The lowest BCUT2D eigenvalue weighted by molar-refractivity contribution is -0.142. The monoisotopic (exact) mass is 339 g/mol. The van der Waals surface area contributed by atoms with Crippen LogP contribution < -0.4 is 0 Å². The maximum Gasteiger partial charge on any atom is 0.410 e. The third-order valence-electron chi connectivity index (χ3n) is 3.97. The van der Waals surface area contributed by atoms with Gasteiger partial charge in [-0.25, -0.2) is 4.79 Å². The number of hydrogen-bond donors (Lipinski definition) is 1. The largest absolute Gasteiger partial charge is 0.481 e. The van der Waals surface area contributed by atoms with Crippen molar-refractivity contribution in [1.82, 2.24) is 4.90 Å². The summed E-state index contributed by atoms with van der Waals surface area (Å²) >= 11 is 0. The molecule has 0 radical (unpaired) electrons. The third-order valence-corrected chi connectivity index (χ3v) is 3.97. The molecule has 1 N–H and O–H groups in total. The van der Waals surface area contributed by atoms with Gasteiger partial charge in [0.15, 0.2) is 5.78 Å². The van der Waals surface area contributed by atoms with E-state index >= 15 is 0 Å². The lowest BCUT2D eigenvalue weighted by atomic mass is 9.83. The molecule has 0 atom stereocenters. The second kappa shape index (κ2) is 7.81. The molecule has 0 aromatic heterocycles. The molecular formula is C18H29NO5. The quantitative estimate of drug-likeness (QED) is 0.777. The average molecular weight is 339 g/mol. The van der Waals surface area contributed by atoms with E-state index < -0.39 is 17.0 Å². The van der Waals surface area contributed by atoms with Crippen LogP contribution in [0.25, 0.3) is 0 Å². The number of hydrogen-bond acceptors (Lipinski definition) is 4. The Morgan fingerprint density at radius 3 is 2.12 bits per heavy atom. The van der Waals surface area contributed by atoms with Crippen LogP contribution in [0.15, 0.2) is 12.2 Å². The first-order valence-electron chi connectivity index (χ1n) is 8.33. The summed E-state index contributed by atoms with van der Waals surface area (Å²) in [6, 6.07) is 0. The number of carbonyl (C=O) groups excluding carboxylic acids is 2. The van der Waals surface area contributed by atoms with Gasteiger partial charge >= 0.3 is 12.1 Å². The number of rotatable bonds is 5. The maximum absolute atomic E-state index is 12.1. The topological polar surface area (TPSA) is 83.9 Å². The zero-order chi connectivity index (χ0) is 18.5. The van der Waals surface area contributed by atoms with Gasteiger partial charge in [0.1, 0.15) is 5.60 Å². The predicted octanol–water partition coefficient (Wildman–Crippen LogP) is 3.26. The molecular weight excluding hydrogens is 310 g/mol. The van der Waals surface area contributed by atoms with Crippen LogP contribution in [0.1, 0.15) is 53.9 Å². The summed E-state index contributed by atoms with van der Waals surface area (Å²) in [6.07, 6.45) is 4.39. The van der Waals surface area contributed by atoms with Crippen molar-refractivity contribution in [3.63, 3.8) is 0 Å². The average Bonchev–Trinajstić information content (AvgIpc) is 2.42. The van der Waals surface area contributed by atoms with Gasteiger partial charge in [0.2, 0.25) is 0 Å². The number of aliphatic carboxylic acids is 1. The van der Waals surface area contributed by atoms with Crippen molar-refractivity contribution in [2.45, 2.75) is 59.5 Å². The summed E-state index contributed by atoms with van der Waals surface area (Å²) in [6.45, 7) is 9.98. The van der Waals surface area contributed by atoms with E-state index in [0.29, 0.717) is 13.1 Å². The number of carboxylic acid groups (broad SMARTS) is 1. The Morgan fingerprint density at radius 1 is 1.12 bits per heavy atom. The van der Waals surface area contributed by atoms with Crippen LogP contribution >= 0.6 is 0 Å². The Labute approximate surface area is 143 Å². The number of piperidine rings is 1. The smallest absolute Gasteiger partial charge is 0.410 e. The molecule has 1 fully saturated rings. The van der Waals surface area contributed by atoms with Crippen LogP contribution in [0.4, 0.5) is 4.79 Å². The van der Waals surface area contributed by atoms with E-state index in [0.717, 1.165) is 12.8 Å². The molecule has 6 heteroatoms. The van der Waals surface area contributed by atoms with Crippen LogP contribution in [-0.2, 0) is 14.3 Å². The molecule has 1 aliphatic heterocycles. The lowest BCUT2D eigenvalue weighted by Crippen LogP contribution is -2.41. The zero-order valence-electron chi connectivity index (χ0n) is 15.3. The number of allylic oxidation sites excluding steroid dienone is 2. The summed E-state index contributed by atoms with van der Waals surface area (Å²) in [5.74, 6) is -0.944. The van der Waals surface area contributed by atoms with Gasteiger partial charge in [-0.3, -0.25) is 9.59 Å². The molecule has 24 heavy (non-hydrogen) atoms. The minimum atomic E-state index is -0.979. The Morgan fingerprint density at radius 2 is 1.67 bits per heavy atom. The number of carboxylic acids is 1. The zero-order valence-corrected chi connectivity index (χ0v) is 15.3. The molecule has 0 aliphatic carbocycles. The number of amides is 1. The lowest BCUT2D eigenvalue weighted by Gasteiger charge is -2.32. The van der Waals surface area contributed by atoms with Crippen molar-refractivity contribution in [1.29, 1.82) is 0 Å². The fraction of sp³-hybridized carbons (Fsp3) is 0.722. The van der Waals surface area contributed by atoms with Gasteiger partial charge in [0.25, 0.3) is 0 Å². The molecule has 1 rings (SSSR count). The summed E-state index contributed by atoms with van der Waals surface area (Å²) in [5.41, 5.74) is -1.41. The minimum absolute atomic E-state index is 0.181. The highest BCUT2D eigenvalue weighted by molar-refractivity contribution is 5.96. The molecule has 0 aromatic carbocycles. The summed E-state index contributed by atoms with van der Waals surface area (Å²) in [5, 5.41) is 8.85. The van der Waals surface area contributed by atoms with Crippen LogP contribution in [0, 0.1) is 11.3 Å². The maximum atomic E-state index is 12.1. The molecule has 1 amide bonds. The molecule has 1 heterocycles. The summed E-state index contributed by atoms with van der Waals surface area (Å²) in [4.78, 5) is 36.6. The third kappa shape index (κ3) is 6.72. The minimum Gasteiger partial charge on any atom is -0.481 e. The molecule has 0 aromatic rings. The molecule has 0 unspecified atom stereocenters. The van der Waals surface area contributed by atoms with Crippen molar-refractivity contribution < 1.29 is 24.2 Å². The Hall–Kier alpha value is -1.85. The standard InChI is InChI=1S/C18H29NO5/c1-17(2,3)24-16(23)19-10-8-13(9-11-19)6-7-14(20)18(4,5)12-15(21)22/h6-7,13H,8-12H2,1-5H3,(H,21,22). The Bertz CT molecular complexity index is 508. The van der Waals surface area contributed by atoms with Gasteiger partial charge in [-0.05, 0) is 45.6 Å². The fourth-order valence-corrected chi connectivity index (χ4v) is 2.52. The van der Waals surface area contributed by atoms with Gasteiger partial charge < -0.3 is 14.7 Å². The SMILES string of the molecule is CC(C)(C)OC(=O)N1CCC(C=CC(=O)C(C)(C)CC(=O)O)CC1. The van der Waals surface area contributed by atoms with E-state index in [4.69, 9.17) is 9.84 Å². The second-order valence-corrected chi connectivity index (χ2v) is 7.98. The second-order valence-electron chi connectivity index (χ2n) is 7.98. The summed E-state index contributed by atoms with van der Waals surface area (Å²) in [7, 11) is 0. The van der Waals surface area contributed by atoms with Crippen LogP contribution in [0.2, 0.25) is 0 Å². The number of carbonyl (C=O) groups is 3. The molecule has 1 aliphatic rings. The van der Waals surface area contributed by atoms with E-state index in [1.165, 1.54) is 6.08 Å². The van der Waals surface area contributed by atoms with E-state index in [1.807, 2.05) is 26.8 Å². The molecule has 0 bridgehead atoms. The highest BCUT2D eigenvalue weighted by Crippen LogP contribution is 2.24. The van der Waals surface area contributed by atoms with E-state index in [1.54, 1.807) is 18.7 Å². The molecule has 0 spiro atoms. The number of nitrogens with zero attached hydrogens (tertiary/aromatic N) is 1. The first-order chi connectivity index (χ1) is 10.9. The number of ether oxygens (including phenoxy) is 1. The van der Waals surface area contributed by atoms with Gasteiger partial charge in [-0.2, -0.15) is 0 Å². The van der Waals surface area contributed by atoms with Crippen molar-refractivity contribution in [2.24, 2.45) is 11.3 Å². The summed E-state index contributed by atoms with van der Waals surface area (Å²) < 4.78 is 5.35. The highest BCUT2D eigenvalue weighted by Gasteiger charge is 2.29. The first kappa shape index (κ1) is 20.2. The molecule has 6 nitrogen and oxygen atoms in total. The normalized spacial score (nSPS) is 17.1. The van der Waals surface area contributed by atoms with Crippen molar-refractivity contribution in [3.05, 3.63) is 12.2 Å².